The average Bonchev–Trinajstić information content (AvgIpc) is 2.52. The minimum Gasteiger partial charge on any atom is -0.324 e. The van der Waals surface area contributed by atoms with Gasteiger partial charge < -0.3 is 10.6 Å². The second-order valence-corrected chi connectivity index (χ2v) is 5.21. The van der Waals surface area contributed by atoms with Gasteiger partial charge in [-0.15, -0.1) is 0 Å². The van der Waals surface area contributed by atoms with Crippen LogP contribution >= 0.6 is 0 Å². The highest BCUT2D eigenvalue weighted by Gasteiger charge is 2.07. The van der Waals surface area contributed by atoms with Crippen LogP contribution in [-0.4, -0.2) is 30.0 Å². The number of likely N-dealkylation sites (N-methyl/N-ethyl adjacent to an activating group) is 1. The van der Waals surface area contributed by atoms with Crippen LogP contribution in [0.2, 0.25) is 0 Å². The molecular formula is C17H23N3. The highest BCUT2D eigenvalue weighted by Crippen LogP contribution is 2.13. The smallest absolute Gasteiger partial charge is 0.0307 e. The van der Waals surface area contributed by atoms with E-state index in [9.17, 15) is 0 Å². The maximum atomic E-state index is 6.22. The summed E-state index contributed by atoms with van der Waals surface area (Å²) in [5.41, 5.74) is 8.77. The summed E-state index contributed by atoms with van der Waals surface area (Å²) in [5, 5.41) is 0. The van der Waals surface area contributed by atoms with Gasteiger partial charge in [0.1, 0.15) is 0 Å². The van der Waals surface area contributed by atoms with E-state index in [0.29, 0.717) is 0 Å². The van der Waals surface area contributed by atoms with E-state index in [2.05, 4.69) is 41.2 Å². The lowest BCUT2D eigenvalue weighted by Crippen LogP contribution is -2.25. The molecule has 20 heavy (non-hydrogen) atoms. The van der Waals surface area contributed by atoms with E-state index in [1.165, 1.54) is 11.1 Å². The molecule has 0 saturated heterocycles. The first kappa shape index (κ1) is 14.7. The van der Waals surface area contributed by atoms with Crippen molar-refractivity contribution in [1.29, 1.82) is 0 Å². The summed E-state index contributed by atoms with van der Waals surface area (Å²) in [6, 6.07) is 14.6. The summed E-state index contributed by atoms with van der Waals surface area (Å²) in [4.78, 5) is 6.37. The predicted molar refractivity (Wildman–Crippen MR) is 83.4 cm³/mol. The Morgan fingerprint density at radius 3 is 2.45 bits per heavy atom. The van der Waals surface area contributed by atoms with Gasteiger partial charge in [-0.1, -0.05) is 30.3 Å². The van der Waals surface area contributed by atoms with Gasteiger partial charge in [0.15, 0.2) is 0 Å². The highest BCUT2D eigenvalue weighted by atomic mass is 15.1. The van der Waals surface area contributed by atoms with Crippen molar-refractivity contribution in [3.05, 3.63) is 66.0 Å². The summed E-state index contributed by atoms with van der Waals surface area (Å²) in [6.45, 7) is 2.06. The predicted octanol–water partition coefficient (Wildman–Crippen LogP) is 2.65. The Morgan fingerprint density at radius 2 is 1.75 bits per heavy atom. The number of nitrogens with zero attached hydrogens (tertiary/aromatic N) is 2. The Morgan fingerprint density at radius 1 is 1.05 bits per heavy atom. The van der Waals surface area contributed by atoms with Crippen LogP contribution in [0.4, 0.5) is 0 Å². The number of rotatable bonds is 7. The second-order valence-electron chi connectivity index (χ2n) is 5.21. The van der Waals surface area contributed by atoms with Gasteiger partial charge in [0, 0.05) is 25.0 Å². The van der Waals surface area contributed by atoms with Gasteiger partial charge in [0.25, 0.3) is 0 Å². The molecule has 0 amide bonds. The van der Waals surface area contributed by atoms with Crippen LogP contribution in [-0.2, 0) is 6.42 Å². The molecule has 1 unspecified atom stereocenters. The fourth-order valence-corrected chi connectivity index (χ4v) is 2.21. The van der Waals surface area contributed by atoms with Crippen molar-refractivity contribution >= 4 is 0 Å². The highest BCUT2D eigenvalue weighted by molar-refractivity contribution is 5.18. The molecule has 2 aromatic rings. The first-order valence-electron chi connectivity index (χ1n) is 7.13. The molecule has 1 atom stereocenters. The number of nitrogens with two attached hydrogens (primary N) is 1. The van der Waals surface area contributed by atoms with Crippen molar-refractivity contribution in [2.24, 2.45) is 5.73 Å². The normalized spacial score (nSPS) is 12.6. The van der Waals surface area contributed by atoms with E-state index >= 15 is 0 Å². The Hall–Kier alpha value is -1.71. The van der Waals surface area contributed by atoms with Crippen molar-refractivity contribution in [2.75, 3.05) is 20.1 Å². The van der Waals surface area contributed by atoms with Gasteiger partial charge in [-0.05, 0) is 49.7 Å². The molecule has 0 fully saturated rings. The molecule has 1 heterocycles. The van der Waals surface area contributed by atoms with Crippen LogP contribution in [0.25, 0.3) is 0 Å². The molecule has 0 aliphatic rings. The number of aromatic nitrogens is 1. The largest absolute Gasteiger partial charge is 0.324 e. The first-order chi connectivity index (χ1) is 9.75. The van der Waals surface area contributed by atoms with E-state index in [0.717, 1.165) is 25.9 Å². The third-order valence-electron chi connectivity index (χ3n) is 3.58. The molecule has 3 heteroatoms. The standard InChI is InChI=1S/C17H23N3/c1-20(13-9-15-7-11-19-12-8-15)14-10-17(18)16-5-3-2-4-6-16/h2-8,11-12,17H,9-10,13-14,18H2,1H3. The van der Waals surface area contributed by atoms with Crippen LogP contribution in [0.15, 0.2) is 54.9 Å². The molecule has 0 spiro atoms. The van der Waals surface area contributed by atoms with Gasteiger partial charge in [0.2, 0.25) is 0 Å². The molecule has 0 radical (unpaired) electrons. The Kier molecular flexibility index (Phi) is 5.71. The van der Waals surface area contributed by atoms with Gasteiger partial charge in [0.05, 0.1) is 0 Å². The molecule has 1 aromatic heterocycles. The van der Waals surface area contributed by atoms with Crippen molar-refractivity contribution in [3.8, 4) is 0 Å². The molecule has 0 aliphatic carbocycles. The fourth-order valence-electron chi connectivity index (χ4n) is 2.21. The maximum absolute atomic E-state index is 6.22. The molecule has 2 rings (SSSR count). The molecule has 2 N–H and O–H groups in total. The van der Waals surface area contributed by atoms with E-state index in [1.54, 1.807) is 0 Å². The number of hydrogen-bond acceptors (Lipinski definition) is 3. The minimum atomic E-state index is 0.125. The maximum Gasteiger partial charge on any atom is 0.0307 e. The van der Waals surface area contributed by atoms with Gasteiger partial charge in [-0.3, -0.25) is 4.98 Å². The van der Waals surface area contributed by atoms with Crippen molar-refractivity contribution in [2.45, 2.75) is 18.9 Å². The summed E-state index contributed by atoms with van der Waals surface area (Å²) >= 11 is 0. The average molecular weight is 269 g/mol. The summed E-state index contributed by atoms with van der Waals surface area (Å²) in [5.74, 6) is 0. The fraction of sp³-hybridized carbons (Fsp3) is 0.353. The number of pyridine rings is 1. The zero-order valence-corrected chi connectivity index (χ0v) is 12.1. The minimum absolute atomic E-state index is 0.125. The van der Waals surface area contributed by atoms with E-state index in [1.807, 2.05) is 30.6 Å². The Balaban J connectivity index is 1.71. The van der Waals surface area contributed by atoms with Crippen LogP contribution in [0, 0.1) is 0 Å². The number of benzene rings is 1. The monoisotopic (exact) mass is 269 g/mol. The van der Waals surface area contributed by atoms with Crippen molar-refractivity contribution < 1.29 is 0 Å². The zero-order valence-electron chi connectivity index (χ0n) is 12.1. The van der Waals surface area contributed by atoms with E-state index in [4.69, 9.17) is 5.73 Å². The zero-order chi connectivity index (χ0) is 14.2. The van der Waals surface area contributed by atoms with Crippen LogP contribution < -0.4 is 5.73 Å². The second kappa shape index (κ2) is 7.78. The van der Waals surface area contributed by atoms with Gasteiger partial charge in [-0.25, -0.2) is 0 Å². The number of hydrogen-bond donors (Lipinski definition) is 1. The first-order valence-corrected chi connectivity index (χ1v) is 7.13. The van der Waals surface area contributed by atoms with E-state index in [-0.39, 0.29) is 6.04 Å². The van der Waals surface area contributed by atoms with Crippen LogP contribution in [0.3, 0.4) is 0 Å². The summed E-state index contributed by atoms with van der Waals surface area (Å²) < 4.78 is 0. The lowest BCUT2D eigenvalue weighted by Gasteiger charge is -2.19. The van der Waals surface area contributed by atoms with Gasteiger partial charge >= 0.3 is 0 Å². The summed E-state index contributed by atoms with van der Waals surface area (Å²) in [6.07, 6.45) is 5.73. The molecular weight excluding hydrogens is 246 g/mol. The molecule has 0 bridgehead atoms. The quantitative estimate of drug-likeness (QED) is 0.840. The molecule has 1 aromatic carbocycles. The molecule has 106 valence electrons. The van der Waals surface area contributed by atoms with Crippen molar-refractivity contribution in [1.82, 2.24) is 9.88 Å². The van der Waals surface area contributed by atoms with Gasteiger partial charge in [-0.2, -0.15) is 0 Å². The van der Waals surface area contributed by atoms with Crippen LogP contribution in [0.1, 0.15) is 23.6 Å². The van der Waals surface area contributed by atoms with Crippen molar-refractivity contribution in [3.63, 3.8) is 0 Å². The Bertz CT molecular complexity index is 484. The molecule has 0 aliphatic heterocycles. The lowest BCUT2D eigenvalue weighted by molar-refractivity contribution is 0.322. The molecule has 0 saturated carbocycles. The van der Waals surface area contributed by atoms with E-state index < -0.39 is 0 Å². The van der Waals surface area contributed by atoms with Crippen LogP contribution in [0.5, 0.6) is 0 Å². The third kappa shape index (κ3) is 4.76. The summed E-state index contributed by atoms with van der Waals surface area (Å²) in [7, 11) is 2.15. The molecule has 3 nitrogen and oxygen atoms in total. The SMILES string of the molecule is CN(CCc1ccncc1)CCC(N)c1ccccc1. The topological polar surface area (TPSA) is 42.2 Å². The third-order valence-corrected chi connectivity index (χ3v) is 3.58. The lowest BCUT2D eigenvalue weighted by atomic mass is 10.0. The Labute approximate surface area is 121 Å².